The second kappa shape index (κ2) is 12.0. The Bertz CT molecular complexity index is 3270. The van der Waals surface area contributed by atoms with Gasteiger partial charge in [0.05, 0.1) is 0 Å². The lowest BCUT2D eigenvalue weighted by Crippen LogP contribution is -1.87. The normalized spacial score (nSPS) is 11.9. The molecule has 0 aliphatic rings. The molecule has 260 valence electrons. The smallest absolute Gasteiger partial charge is 0.143 e. The highest BCUT2D eigenvalue weighted by Crippen LogP contribution is 2.44. The molecule has 12 rings (SSSR count). The average Bonchev–Trinajstić information content (AvgIpc) is 3.86. The molecule has 12 aromatic rings. The van der Waals surface area contributed by atoms with E-state index < -0.39 is 0 Å². The summed E-state index contributed by atoms with van der Waals surface area (Å²) in [4.78, 5) is 8.73. The zero-order valence-corrected chi connectivity index (χ0v) is 30.0. The van der Waals surface area contributed by atoms with Gasteiger partial charge < -0.3 is 8.83 Å². The van der Waals surface area contributed by atoms with Crippen molar-refractivity contribution >= 4 is 76.2 Å². The number of rotatable bonds is 4. The highest BCUT2D eigenvalue weighted by Gasteiger charge is 2.19. The van der Waals surface area contributed by atoms with Crippen LogP contribution in [-0.2, 0) is 0 Å². The van der Waals surface area contributed by atoms with E-state index in [-0.39, 0.29) is 0 Å². The summed E-state index contributed by atoms with van der Waals surface area (Å²) >= 11 is 0. The minimum absolute atomic E-state index is 0.878. The van der Waals surface area contributed by atoms with Gasteiger partial charge in [0, 0.05) is 79.7 Å². The summed E-state index contributed by atoms with van der Waals surface area (Å²) in [5.41, 5.74) is 12.1. The molecule has 0 N–H and O–H groups in total. The molecule has 0 aliphatic carbocycles. The molecule has 4 nitrogen and oxygen atoms in total. The molecule has 0 saturated carbocycles. The van der Waals surface area contributed by atoms with E-state index in [9.17, 15) is 0 Å². The molecule has 0 amide bonds. The first-order valence-electron chi connectivity index (χ1n) is 18.9. The Balaban J connectivity index is 1.04. The first-order chi connectivity index (χ1) is 27.8. The molecule has 0 aliphatic heterocycles. The van der Waals surface area contributed by atoms with Gasteiger partial charge in [0.15, 0.2) is 0 Å². The van der Waals surface area contributed by atoms with Gasteiger partial charge in [0.25, 0.3) is 0 Å². The topological polar surface area (TPSA) is 52.1 Å². The van der Waals surface area contributed by atoms with Crippen molar-refractivity contribution in [3.8, 4) is 44.5 Å². The standard InChI is InChI=1S/C52H30N2O2/c1-2-12-40-39(11-1)47-27-31(35-13-3-17-43-45-19-5-15-37(51(45)55-49(35)43)33-9-7-25-53-29-33)21-23-41(47)42-24-22-32(28-48(40)42)36-14-4-18-44-46-20-6-16-38(52(46)56-50(36)44)34-10-8-26-54-30-34/h1-30H. The van der Waals surface area contributed by atoms with Gasteiger partial charge in [0.2, 0.25) is 0 Å². The molecule has 4 heterocycles. The fraction of sp³-hybridized carbons (Fsp3) is 0. The Morgan fingerprint density at radius 3 is 1.00 bits per heavy atom. The molecule has 0 spiro atoms. The van der Waals surface area contributed by atoms with Gasteiger partial charge in [-0.05, 0) is 67.7 Å². The lowest BCUT2D eigenvalue weighted by Gasteiger charge is -2.14. The molecule has 0 atom stereocenters. The average molecular weight is 715 g/mol. The van der Waals surface area contributed by atoms with Crippen molar-refractivity contribution in [3.63, 3.8) is 0 Å². The highest BCUT2D eigenvalue weighted by atomic mass is 16.3. The third kappa shape index (κ3) is 4.53. The maximum absolute atomic E-state index is 6.79. The van der Waals surface area contributed by atoms with E-state index in [0.717, 1.165) is 88.4 Å². The lowest BCUT2D eigenvalue weighted by molar-refractivity contribution is 0.670. The van der Waals surface area contributed by atoms with Crippen LogP contribution >= 0.6 is 0 Å². The Kier molecular flexibility index (Phi) is 6.60. The molecule has 4 aromatic heterocycles. The molecule has 0 fully saturated rings. The van der Waals surface area contributed by atoms with Crippen LogP contribution in [0, 0.1) is 0 Å². The number of furan rings is 2. The van der Waals surface area contributed by atoms with Crippen molar-refractivity contribution in [1.29, 1.82) is 0 Å². The third-order valence-electron chi connectivity index (χ3n) is 11.5. The van der Waals surface area contributed by atoms with Crippen molar-refractivity contribution in [2.45, 2.75) is 0 Å². The zero-order chi connectivity index (χ0) is 36.7. The zero-order valence-electron chi connectivity index (χ0n) is 30.0. The lowest BCUT2D eigenvalue weighted by atomic mass is 9.90. The summed E-state index contributed by atoms with van der Waals surface area (Å²) in [6, 6.07) is 56.2. The molecule has 0 bridgehead atoms. The first kappa shape index (κ1) is 30.9. The van der Waals surface area contributed by atoms with Crippen LogP contribution in [0.2, 0.25) is 0 Å². The summed E-state index contributed by atoms with van der Waals surface area (Å²) < 4.78 is 13.6. The summed E-state index contributed by atoms with van der Waals surface area (Å²) in [7, 11) is 0. The fourth-order valence-corrected chi connectivity index (χ4v) is 8.89. The molecular formula is C52H30N2O2. The number of fused-ring (bicyclic) bond motifs is 12. The minimum atomic E-state index is 0.878. The van der Waals surface area contributed by atoms with E-state index >= 15 is 0 Å². The van der Waals surface area contributed by atoms with Gasteiger partial charge in [-0.2, -0.15) is 0 Å². The molecule has 0 unspecified atom stereocenters. The summed E-state index contributed by atoms with van der Waals surface area (Å²) in [6.07, 6.45) is 7.38. The van der Waals surface area contributed by atoms with Crippen LogP contribution in [0.3, 0.4) is 0 Å². The third-order valence-corrected chi connectivity index (χ3v) is 11.5. The summed E-state index contributed by atoms with van der Waals surface area (Å²) in [6.45, 7) is 0. The number of nitrogens with zero attached hydrogens (tertiary/aromatic N) is 2. The molecular weight excluding hydrogens is 685 g/mol. The summed E-state index contributed by atoms with van der Waals surface area (Å²) in [5, 5.41) is 11.7. The van der Waals surface area contributed by atoms with E-state index in [2.05, 4.69) is 156 Å². The van der Waals surface area contributed by atoms with Crippen LogP contribution < -0.4 is 0 Å². The SMILES string of the molecule is c1cncc(-c2cccc3c2oc2c(-c4ccc5c6ccc(-c7cccc8c7oc7c(-c9cccnc9)cccc78)cc6c6ccccc6c5c4)cccc23)c1. The van der Waals surface area contributed by atoms with Crippen molar-refractivity contribution in [1.82, 2.24) is 9.97 Å². The predicted molar refractivity (Wildman–Crippen MR) is 231 cm³/mol. The number of para-hydroxylation sites is 4. The monoisotopic (exact) mass is 714 g/mol. The minimum Gasteiger partial charge on any atom is -0.455 e. The number of benzene rings is 8. The second-order valence-electron chi connectivity index (χ2n) is 14.5. The Morgan fingerprint density at radius 2 is 0.625 bits per heavy atom. The van der Waals surface area contributed by atoms with E-state index in [1.54, 1.807) is 12.4 Å². The highest BCUT2D eigenvalue weighted by molar-refractivity contribution is 6.27. The first-order valence-corrected chi connectivity index (χ1v) is 18.9. The number of aromatic nitrogens is 2. The number of pyridine rings is 2. The van der Waals surface area contributed by atoms with E-state index in [4.69, 9.17) is 8.83 Å². The maximum Gasteiger partial charge on any atom is 0.143 e. The fourth-order valence-electron chi connectivity index (χ4n) is 8.89. The second-order valence-corrected chi connectivity index (χ2v) is 14.5. The van der Waals surface area contributed by atoms with Crippen LogP contribution in [0.1, 0.15) is 0 Å². The van der Waals surface area contributed by atoms with Crippen LogP contribution in [-0.4, -0.2) is 9.97 Å². The van der Waals surface area contributed by atoms with Crippen LogP contribution in [0.5, 0.6) is 0 Å². The van der Waals surface area contributed by atoms with Crippen LogP contribution in [0.15, 0.2) is 191 Å². The van der Waals surface area contributed by atoms with Crippen molar-refractivity contribution < 1.29 is 8.83 Å². The van der Waals surface area contributed by atoms with E-state index in [1.165, 1.54) is 32.3 Å². The van der Waals surface area contributed by atoms with Gasteiger partial charge in [-0.3, -0.25) is 9.97 Å². The summed E-state index contributed by atoms with van der Waals surface area (Å²) in [5.74, 6) is 0. The van der Waals surface area contributed by atoms with Crippen LogP contribution in [0.4, 0.5) is 0 Å². The maximum atomic E-state index is 6.79. The Labute approximate surface area is 320 Å². The van der Waals surface area contributed by atoms with Gasteiger partial charge >= 0.3 is 0 Å². The van der Waals surface area contributed by atoms with Gasteiger partial charge in [-0.25, -0.2) is 0 Å². The van der Waals surface area contributed by atoms with Crippen molar-refractivity contribution in [2.24, 2.45) is 0 Å². The largest absolute Gasteiger partial charge is 0.455 e. The van der Waals surface area contributed by atoms with Gasteiger partial charge in [-0.1, -0.05) is 133 Å². The van der Waals surface area contributed by atoms with Crippen LogP contribution in [0.25, 0.3) is 121 Å². The van der Waals surface area contributed by atoms with E-state index in [1.807, 2.05) is 24.5 Å². The van der Waals surface area contributed by atoms with Gasteiger partial charge in [-0.15, -0.1) is 0 Å². The quantitative estimate of drug-likeness (QED) is 0.170. The molecule has 56 heavy (non-hydrogen) atoms. The van der Waals surface area contributed by atoms with Gasteiger partial charge in [0.1, 0.15) is 22.3 Å². The molecule has 8 aromatic carbocycles. The van der Waals surface area contributed by atoms with E-state index in [0.29, 0.717) is 0 Å². The number of hydrogen-bond acceptors (Lipinski definition) is 4. The molecule has 0 saturated heterocycles. The van der Waals surface area contributed by atoms with Crippen molar-refractivity contribution in [2.75, 3.05) is 0 Å². The van der Waals surface area contributed by atoms with Crippen molar-refractivity contribution in [3.05, 3.63) is 183 Å². The number of hydrogen-bond donors (Lipinski definition) is 0. The Hall–Kier alpha value is -7.56. The predicted octanol–water partition coefficient (Wildman–Crippen LogP) is 14.4. The molecule has 0 radical (unpaired) electrons. The molecule has 4 heteroatoms. The Morgan fingerprint density at radius 1 is 0.268 bits per heavy atom.